The Hall–Kier alpha value is -2.20. The summed E-state index contributed by atoms with van der Waals surface area (Å²) >= 11 is 0. The SMILES string of the molecule is CC(=O)OCC1OC(N2CCCCC2)C(OC(C)=O)C(OC(C)=O)C1OC(C)=O. The molecule has 0 saturated carbocycles. The summed E-state index contributed by atoms with van der Waals surface area (Å²) in [6.45, 7) is 6.10. The maximum Gasteiger partial charge on any atom is 0.303 e. The Morgan fingerprint density at radius 2 is 1.28 bits per heavy atom. The summed E-state index contributed by atoms with van der Waals surface area (Å²) in [5.74, 6) is -2.38. The van der Waals surface area contributed by atoms with E-state index >= 15 is 0 Å². The Bertz CT molecular complexity index is 617. The first-order valence-corrected chi connectivity index (χ1v) is 9.73. The van der Waals surface area contributed by atoms with Gasteiger partial charge in [0.15, 0.2) is 24.5 Å². The van der Waals surface area contributed by atoms with Crippen LogP contribution in [0.1, 0.15) is 47.0 Å². The molecule has 0 radical (unpaired) electrons. The van der Waals surface area contributed by atoms with Crippen molar-refractivity contribution in [1.29, 1.82) is 0 Å². The fourth-order valence-electron chi connectivity index (χ4n) is 3.67. The van der Waals surface area contributed by atoms with Gasteiger partial charge < -0.3 is 23.7 Å². The molecule has 5 unspecified atom stereocenters. The van der Waals surface area contributed by atoms with Gasteiger partial charge in [0, 0.05) is 40.8 Å². The van der Waals surface area contributed by atoms with E-state index in [9.17, 15) is 19.2 Å². The largest absolute Gasteiger partial charge is 0.463 e. The third-order valence-electron chi connectivity index (χ3n) is 4.72. The molecule has 2 fully saturated rings. The van der Waals surface area contributed by atoms with E-state index in [-0.39, 0.29) is 6.61 Å². The fraction of sp³-hybridized carbons (Fsp3) is 0.789. The van der Waals surface area contributed by atoms with Crippen LogP contribution in [0.5, 0.6) is 0 Å². The molecule has 2 aliphatic heterocycles. The highest BCUT2D eigenvalue weighted by Gasteiger charge is 2.53. The molecule has 0 amide bonds. The molecule has 10 nitrogen and oxygen atoms in total. The highest BCUT2D eigenvalue weighted by atomic mass is 16.7. The zero-order chi connectivity index (χ0) is 21.6. The summed E-state index contributed by atoms with van der Waals surface area (Å²) in [5.41, 5.74) is 0. The van der Waals surface area contributed by atoms with E-state index in [1.165, 1.54) is 27.7 Å². The lowest BCUT2D eigenvalue weighted by molar-refractivity contribution is -0.279. The van der Waals surface area contributed by atoms with Crippen LogP contribution in [-0.2, 0) is 42.9 Å². The summed E-state index contributed by atoms with van der Waals surface area (Å²) in [4.78, 5) is 48.6. The lowest BCUT2D eigenvalue weighted by atomic mass is 9.95. The molecule has 0 aromatic rings. The molecule has 10 heteroatoms. The molecule has 2 heterocycles. The Morgan fingerprint density at radius 3 is 1.79 bits per heavy atom. The Kier molecular flexibility index (Phi) is 8.39. The summed E-state index contributed by atoms with van der Waals surface area (Å²) in [7, 11) is 0. The van der Waals surface area contributed by atoms with Gasteiger partial charge in [0.25, 0.3) is 0 Å². The number of esters is 4. The second kappa shape index (κ2) is 10.5. The minimum Gasteiger partial charge on any atom is -0.463 e. The van der Waals surface area contributed by atoms with Crippen molar-refractivity contribution in [3.63, 3.8) is 0 Å². The molecular weight excluding hydrogens is 386 g/mol. The van der Waals surface area contributed by atoms with Gasteiger partial charge in [-0.1, -0.05) is 6.42 Å². The fourth-order valence-corrected chi connectivity index (χ4v) is 3.67. The van der Waals surface area contributed by atoms with Gasteiger partial charge in [-0.2, -0.15) is 0 Å². The van der Waals surface area contributed by atoms with Gasteiger partial charge in [0.05, 0.1) is 0 Å². The zero-order valence-corrected chi connectivity index (χ0v) is 17.3. The molecule has 5 atom stereocenters. The number of carbonyl (C=O) groups excluding carboxylic acids is 4. The van der Waals surface area contributed by atoms with E-state index in [1.54, 1.807) is 0 Å². The highest BCUT2D eigenvalue weighted by molar-refractivity contribution is 5.68. The molecular formula is C19H29NO9. The summed E-state index contributed by atoms with van der Waals surface area (Å²) in [5, 5.41) is 0. The number of likely N-dealkylation sites (tertiary alicyclic amines) is 1. The van der Waals surface area contributed by atoms with Crippen molar-refractivity contribution in [2.75, 3.05) is 19.7 Å². The minimum absolute atomic E-state index is 0.206. The van der Waals surface area contributed by atoms with E-state index < -0.39 is 54.5 Å². The second-order valence-corrected chi connectivity index (χ2v) is 7.19. The molecule has 0 aromatic heterocycles. The number of hydrogen-bond acceptors (Lipinski definition) is 10. The third kappa shape index (κ3) is 6.67. The Morgan fingerprint density at radius 1 is 0.759 bits per heavy atom. The van der Waals surface area contributed by atoms with Gasteiger partial charge in [-0.15, -0.1) is 0 Å². The topological polar surface area (TPSA) is 118 Å². The van der Waals surface area contributed by atoms with Crippen molar-refractivity contribution in [2.45, 2.75) is 77.6 Å². The summed E-state index contributed by atoms with van der Waals surface area (Å²) in [6, 6.07) is 0. The summed E-state index contributed by atoms with van der Waals surface area (Å²) in [6.07, 6.45) is -1.92. The maximum atomic E-state index is 11.8. The highest BCUT2D eigenvalue weighted by Crippen LogP contribution is 2.32. The van der Waals surface area contributed by atoms with Gasteiger partial charge in [-0.25, -0.2) is 0 Å². The van der Waals surface area contributed by atoms with Crippen LogP contribution in [0.15, 0.2) is 0 Å². The van der Waals surface area contributed by atoms with Crippen molar-refractivity contribution in [3.8, 4) is 0 Å². The second-order valence-electron chi connectivity index (χ2n) is 7.19. The predicted octanol–water partition coefficient (Wildman–Crippen LogP) is 0.555. The normalized spacial score (nSPS) is 30.1. The van der Waals surface area contributed by atoms with E-state index in [0.29, 0.717) is 13.1 Å². The number of ether oxygens (including phenoxy) is 5. The van der Waals surface area contributed by atoms with E-state index in [0.717, 1.165) is 19.3 Å². The van der Waals surface area contributed by atoms with E-state index in [4.69, 9.17) is 23.7 Å². The first kappa shape index (κ1) is 23.1. The number of nitrogens with zero attached hydrogens (tertiary/aromatic N) is 1. The predicted molar refractivity (Wildman–Crippen MR) is 97.4 cm³/mol. The van der Waals surface area contributed by atoms with Crippen molar-refractivity contribution in [2.24, 2.45) is 0 Å². The zero-order valence-electron chi connectivity index (χ0n) is 17.3. The molecule has 0 bridgehead atoms. The van der Waals surface area contributed by atoms with Crippen LogP contribution in [-0.4, -0.2) is 79.1 Å². The van der Waals surface area contributed by atoms with Gasteiger partial charge in [0.2, 0.25) is 0 Å². The average molecular weight is 415 g/mol. The van der Waals surface area contributed by atoms with Crippen LogP contribution in [0.2, 0.25) is 0 Å². The lowest BCUT2D eigenvalue weighted by Crippen LogP contribution is -2.66. The van der Waals surface area contributed by atoms with Gasteiger partial charge in [-0.05, 0) is 12.8 Å². The van der Waals surface area contributed by atoms with Gasteiger partial charge in [-0.3, -0.25) is 24.1 Å². The monoisotopic (exact) mass is 415 g/mol. The number of piperidine rings is 1. The van der Waals surface area contributed by atoms with Gasteiger partial charge >= 0.3 is 23.9 Å². The smallest absolute Gasteiger partial charge is 0.303 e. The van der Waals surface area contributed by atoms with E-state index in [1.807, 2.05) is 4.90 Å². The molecule has 29 heavy (non-hydrogen) atoms. The summed E-state index contributed by atoms with van der Waals surface area (Å²) < 4.78 is 27.5. The van der Waals surface area contributed by atoms with Crippen molar-refractivity contribution >= 4 is 23.9 Å². The van der Waals surface area contributed by atoms with Crippen LogP contribution < -0.4 is 0 Å². The minimum atomic E-state index is -1.11. The Balaban J connectivity index is 2.40. The van der Waals surface area contributed by atoms with Crippen LogP contribution in [0.4, 0.5) is 0 Å². The number of hydrogen-bond donors (Lipinski definition) is 0. The molecule has 164 valence electrons. The average Bonchev–Trinajstić information content (AvgIpc) is 2.63. The molecule has 0 spiro atoms. The van der Waals surface area contributed by atoms with Crippen LogP contribution >= 0.6 is 0 Å². The standard InChI is InChI=1S/C19H29NO9/c1-11(21)25-10-15-16(26-12(2)22)17(27-13(3)23)18(28-14(4)24)19(29-15)20-8-6-5-7-9-20/h15-19H,5-10H2,1-4H3. The lowest BCUT2D eigenvalue weighted by Gasteiger charge is -2.48. The number of rotatable bonds is 6. The van der Waals surface area contributed by atoms with Gasteiger partial charge in [0.1, 0.15) is 12.7 Å². The first-order chi connectivity index (χ1) is 13.7. The maximum absolute atomic E-state index is 11.8. The molecule has 0 aliphatic carbocycles. The number of carbonyl (C=O) groups is 4. The first-order valence-electron chi connectivity index (χ1n) is 9.73. The van der Waals surface area contributed by atoms with Crippen molar-refractivity contribution in [1.82, 2.24) is 4.90 Å². The van der Waals surface area contributed by atoms with Crippen LogP contribution in [0.25, 0.3) is 0 Å². The molecule has 0 N–H and O–H groups in total. The molecule has 2 saturated heterocycles. The van der Waals surface area contributed by atoms with Crippen LogP contribution in [0, 0.1) is 0 Å². The van der Waals surface area contributed by atoms with Crippen molar-refractivity contribution < 1.29 is 42.9 Å². The molecule has 0 aromatic carbocycles. The van der Waals surface area contributed by atoms with Crippen molar-refractivity contribution in [3.05, 3.63) is 0 Å². The van der Waals surface area contributed by atoms with E-state index in [2.05, 4.69) is 0 Å². The Labute approximate surface area is 169 Å². The molecule has 2 aliphatic rings. The quantitative estimate of drug-likeness (QED) is 0.450. The van der Waals surface area contributed by atoms with Crippen LogP contribution in [0.3, 0.4) is 0 Å². The third-order valence-corrected chi connectivity index (χ3v) is 4.72. The molecule has 2 rings (SSSR count).